The Balaban J connectivity index is 2.99. The Hall–Kier alpha value is 0.931. The molecule has 6 heavy (non-hydrogen) atoms. The van der Waals surface area contributed by atoms with Crippen LogP contribution >= 0.6 is 0 Å². The summed E-state index contributed by atoms with van der Waals surface area (Å²) in [6.45, 7) is 4.55. The van der Waals surface area contributed by atoms with E-state index in [2.05, 4.69) is 33.0 Å². The van der Waals surface area contributed by atoms with Crippen molar-refractivity contribution in [1.29, 1.82) is 0 Å². The van der Waals surface area contributed by atoms with E-state index in [-0.39, 0.29) is 6.19 Å². The molecule has 0 atom stereocenters. The van der Waals surface area contributed by atoms with E-state index in [1.165, 1.54) is 12.1 Å². The van der Waals surface area contributed by atoms with Crippen LogP contribution in [0.5, 0.6) is 0 Å². The Labute approximate surface area is 51.5 Å². The van der Waals surface area contributed by atoms with Crippen molar-refractivity contribution in [1.82, 2.24) is 0 Å². The maximum atomic E-state index is 2.38. The van der Waals surface area contributed by atoms with Crippen molar-refractivity contribution < 1.29 is 19.2 Å². The van der Waals surface area contributed by atoms with E-state index in [9.17, 15) is 0 Å². The fraction of sp³-hybridized carbons (Fsp3) is 1.00. The summed E-state index contributed by atoms with van der Waals surface area (Å²) in [6, 6.07) is 2.86. The first-order chi connectivity index (χ1) is 2.81. The molecule has 0 saturated carbocycles. The molecule has 0 rings (SSSR count). The quantitative estimate of drug-likeness (QED) is 0.503. The summed E-state index contributed by atoms with van der Waals surface area (Å²) in [7, 11) is 0. The van der Waals surface area contributed by atoms with Crippen molar-refractivity contribution >= 4 is 6.19 Å². The van der Waals surface area contributed by atoms with Gasteiger partial charge in [0, 0.05) is 0 Å². The molecular formula is C4H10SiTi. The summed E-state index contributed by atoms with van der Waals surface area (Å²) in [5, 5.41) is 0. The van der Waals surface area contributed by atoms with Crippen LogP contribution in [0.1, 0.15) is 13.8 Å². The molecule has 0 aliphatic heterocycles. The zero-order chi connectivity index (χ0) is 4.99. The molecule has 0 heterocycles. The monoisotopic (exact) mass is 134 g/mol. The van der Waals surface area contributed by atoms with Gasteiger partial charge in [-0.05, 0) is 0 Å². The summed E-state index contributed by atoms with van der Waals surface area (Å²) in [5.41, 5.74) is 0. The molecule has 0 amide bonds. The number of hydrogen-bond donors (Lipinski definition) is 0. The molecule has 2 heteroatoms. The predicted octanol–water partition coefficient (Wildman–Crippen LogP) is 1.56. The first kappa shape index (κ1) is 6.93. The topological polar surface area (TPSA) is 0 Å². The Morgan fingerprint density at radius 1 is 1.33 bits per heavy atom. The van der Waals surface area contributed by atoms with Gasteiger partial charge in [-0.2, -0.15) is 0 Å². The molecule has 0 aromatic carbocycles. The Bertz CT molecular complexity index is 45.5. The van der Waals surface area contributed by atoms with Crippen LogP contribution in [0.4, 0.5) is 0 Å². The van der Waals surface area contributed by atoms with Gasteiger partial charge in [0.2, 0.25) is 0 Å². The molecule has 34 valence electrons. The van der Waals surface area contributed by atoms with Gasteiger partial charge in [0.25, 0.3) is 0 Å². The van der Waals surface area contributed by atoms with Gasteiger partial charge >= 0.3 is 51.3 Å². The molecule has 0 N–H and O–H groups in total. The third kappa shape index (κ3) is 3.13. The van der Waals surface area contributed by atoms with Crippen LogP contribution in [0.25, 0.3) is 0 Å². The van der Waals surface area contributed by atoms with Gasteiger partial charge in [0.15, 0.2) is 0 Å². The van der Waals surface area contributed by atoms with Gasteiger partial charge in [0.1, 0.15) is 0 Å². The minimum atomic E-state index is 0.132. The van der Waals surface area contributed by atoms with Crippen molar-refractivity contribution in [2.75, 3.05) is 0 Å². The molecule has 0 aliphatic carbocycles. The van der Waals surface area contributed by atoms with Gasteiger partial charge in [0.05, 0.1) is 0 Å². The van der Waals surface area contributed by atoms with Crippen molar-refractivity contribution in [2.24, 2.45) is 0 Å². The molecule has 0 fully saturated rings. The average Bonchev–Trinajstić information content (AvgIpc) is 1.65. The van der Waals surface area contributed by atoms with Gasteiger partial charge in [-0.1, -0.05) is 0 Å². The summed E-state index contributed by atoms with van der Waals surface area (Å²) < 4.78 is 0. The van der Waals surface area contributed by atoms with Crippen LogP contribution < -0.4 is 0 Å². The van der Waals surface area contributed by atoms with E-state index < -0.39 is 0 Å². The van der Waals surface area contributed by atoms with E-state index in [1.807, 2.05) is 0 Å². The summed E-state index contributed by atoms with van der Waals surface area (Å²) in [6.07, 6.45) is 0.132. The SMILES string of the molecule is CC[Si](=[Ti])CC. The molecular weight excluding hydrogens is 124 g/mol. The molecule has 0 radical (unpaired) electrons. The standard InChI is InChI=1S/C4H10Si.Ti/c1-3-5-4-2;/h3-4H2,1-2H3;. The van der Waals surface area contributed by atoms with Crippen LogP contribution in [0, 0.1) is 0 Å². The second-order valence-electron chi connectivity index (χ2n) is 1.31. The van der Waals surface area contributed by atoms with Crippen molar-refractivity contribution in [3.8, 4) is 0 Å². The average molecular weight is 134 g/mol. The van der Waals surface area contributed by atoms with E-state index in [0.29, 0.717) is 0 Å². The molecule has 0 aliphatic rings. The molecule has 0 aromatic rings. The summed E-state index contributed by atoms with van der Waals surface area (Å²) in [4.78, 5) is 0. The molecule has 0 bridgehead atoms. The second-order valence-corrected chi connectivity index (χ2v) is 7.24. The number of hydrogen-bond acceptors (Lipinski definition) is 0. The van der Waals surface area contributed by atoms with Crippen LogP contribution in [0.2, 0.25) is 12.1 Å². The normalized spacial score (nSPS) is 8.17. The third-order valence-corrected chi connectivity index (χ3v) is 5.87. The fourth-order valence-corrected chi connectivity index (χ4v) is 0.750. The third-order valence-electron chi connectivity index (χ3n) is 0.854. The second kappa shape index (κ2) is 4.10. The van der Waals surface area contributed by atoms with Gasteiger partial charge in [-0.25, -0.2) is 0 Å². The Morgan fingerprint density at radius 2 is 1.67 bits per heavy atom. The Morgan fingerprint density at radius 3 is 1.67 bits per heavy atom. The van der Waals surface area contributed by atoms with Crippen molar-refractivity contribution in [2.45, 2.75) is 25.9 Å². The van der Waals surface area contributed by atoms with E-state index in [4.69, 9.17) is 0 Å². The minimum absolute atomic E-state index is 0.132. The molecule has 0 aromatic heterocycles. The van der Waals surface area contributed by atoms with Crippen LogP contribution in [-0.2, 0) is 19.2 Å². The predicted molar refractivity (Wildman–Crippen MR) is 26.7 cm³/mol. The molecule has 0 saturated heterocycles. The van der Waals surface area contributed by atoms with Crippen molar-refractivity contribution in [3.63, 3.8) is 0 Å². The fourth-order valence-electron chi connectivity index (χ4n) is 0.250. The molecule has 0 unspecified atom stereocenters. The first-order valence-electron chi connectivity index (χ1n) is 2.37. The zero-order valence-electron chi connectivity index (χ0n) is 4.41. The van der Waals surface area contributed by atoms with E-state index >= 15 is 0 Å². The van der Waals surface area contributed by atoms with Crippen LogP contribution in [0.15, 0.2) is 0 Å². The van der Waals surface area contributed by atoms with Crippen LogP contribution in [-0.4, -0.2) is 6.19 Å². The van der Waals surface area contributed by atoms with Gasteiger partial charge in [-0.3, -0.25) is 0 Å². The summed E-state index contributed by atoms with van der Waals surface area (Å²) >= 11 is 2.38. The van der Waals surface area contributed by atoms with Gasteiger partial charge in [-0.15, -0.1) is 0 Å². The molecule has 0 nitrogen and oxygen atoms in total. The summed E-state index contributed by atoms with van der Waals surface area (Å²) in [5.74, 6) is 0. The zero-order valence-corrected chi connectivity index (χ0v) is 6.98. The van der Waals surface area contributed by atoms with E-state index in [1.54, 1.807) is 0 Å². The van der Waals surface area contributed by atoms with E-state index in [0.717, 1.165) is 0 Å². The number of rotatable bonds is 2. The first-order valence-corrected chi connectivity index (χ1v) is 6.63. The Kier molecular flexibility index (Phi) is 4.74. The van der Waals surface area contributed by atoms with Crippen LogP contribution in [0.3, 0.4) is 0 Å². The van der Waals surface area contributed by atoms with Gasteiger partial charge < -0.3 is 0 Å². The van der Waals surface area contributed by atoms with Crippen molar-refractivity contribution in [3.05, 3.63) is 0 Å². The maximum absolute atomic E-state index is 2.38. The molecule has 0 spiro atoms.